The maximum absolute atomic E-state index is 10.8. The van der Waals surface area contributed by atoms with E-state index in [2.05, 4.69) is 0 Å². The summed E-state index contributed by atoms with van der Waals surface area (Å²) in [6.45, 7) is 0.668. The number of carboxylic acids is 1. The lowest BCUT2D eigenvalue weighted by Gasteiger charge is -2.19. The number of hydrogen-bond donors (Lipinski definition) is 2. The maximum atomic E-state index is 10.8. The minimum Gasteiger partial charge on any atom is -0.478 e. The van der Waals surface area contributed by atoms with Gasteiger partial charge >= 0.3 is 5.97 Å². The van der Waals surface area contributed by atoms with E-state index < -0.39 is 11.6 Å². The Hall–Kier alpha value is -0.910. The molecule has 0 aromatic carbocycles. The Morgan fingerprint density at radius 2 is 2.43 bits per heavy atom. The number of thiophene rings is 1. The van der Waals surface area contributed by atoms with Crippen LogP contribution in [0, 0.1) is 0 Å². The van der Waals surface area contributed by atoms with Crippen LogP contribution in [0.1, 0.15) is 21.7 Å². The molecule has 1 atom stereocenters. The highest BCUT2D eigenvalue weighted by Crippen LogP contribution is 2.36. The second-order valence-corrected chi connectivity index (χ2v) is 4.22. The first-order valence-corrected chi connectivity index (χ1v) is 5.13. The summed E-state index contributed by atoms with van der Waals surface area (Å²) in [6.07, 6.45) is 0.466. The van der Waals surface area contributed by atoms with Crippen molar-refractivity contribution in [2.75, 3.05) is 13.2 Å². The third-order valence-corrected chi connectivity index (χ3v) is 3.43. The summed E-state index contributed by atoms with van der Waals surface area (Å²) in [7, 11) is 0. The fraction of sp³-hybridized carbons (Fsp3) is 0.444. The van der Waals surface area contributed by atoms with Gasteiger partial charge in [-0.25, -0.2) is 4.79 Å². The van der Waals surface area contributed by atoms with Crippen molar-refractivity contribution in [2.45, 2.75) is 12.0 Å². The molecule has 1 aromatic rings. The lowest BCUT2D eigenvalue weighted by molar-refractivity contribution is 0.0247. The van der Waals surface area contributed by atoms with Crippen LogP contribution in [0.25, 0.3) is 0 Å². The average Bonchev–Trinajstić information content (AvgIpc) is 2.71. The van der Waals surface area contributed by atoms with Crippen LogP contribution in [0.5, 0.6) is 0 Å². The number of rotatable bonds is 2. The molecule has 0 bridgehead atoms. The molecule has 5 heteroatoms. The Balaban J connectivity index is 2.40. The fourth-order valence-corrected chi connectivity index (χ4v) is 2.57. The molecule has 2 N–H and O–H groups in total. The summed E-state index contributed by atoms with van der Waals surface area (Å²) in [4.78, 5) is 11.3. The van der Waals surface area contributed by atoms with Crippen molar-refractivity contribution in [3.05, 3.63) is 21.9 Å². The molecule has 0 spiro atoms. The number of ether oxygens (including phenoxy) is 1. The van der Waals surface area contributed by atoms with Gasteiger partial charge in [0.15, 0.2) is 0 Å². The second kappa shape index (κ2) is 3.34. The van der Waals surface area contributed by atoms with Gasteiger partial charge in [0, 0.05) is 13.0 Å². The molecule has 2 heterocycles. The third kappa shape index (κ3) is 1.43. The zero-order valence-electron chi connectivity index (χ0n) is 7.40. The zero-order valence-corrected chi connectivity index (χ0v) is 8.21. The molecule has 76 valence electrons. The Labute approximate surface area is 84.8 Å². The lowest BCUT2D eigenvalue weighted by Crippen LogP contribution is -2.26. The van der Waals surface area contributed by atoms with Crippen LogP contribution in [0.4, 0.5) is 0 Å². The van der Waals surface area contributed by atoms with Gasteiger partial charge in [0.2, 0.25) is 0 Å². The van der Waals surface area contributed by atoms with Gasteiger partial charge in [-0.15, -0.1) is 11.3 Å². The first-order chi connectivity index (χ1) is 6.63. The molecule has 14 heavy (non-hydrogen) atoms. The predicted octanol–water partition coefficient (Wildman–Crippen LogP) is 1.05. The first kappa shape index (κ1) is 9.64. The largest absolute Gasteiger partial charge is 0.478 e. The van der Waals surface area contributed by atoms with Crippen LogP contribution < -0.4 is 0 Å². The van der Waals surface area contributed by atoms with E-state index >= 15 is 0 Å². The maximum Gasteiger partial charge on any atom is 0.336 e. The molecule has 2 rings (SSSR count). The zero-order chi connectivity index (χ0) is 10.2. The van der Waals surface area contributed by atoms with Crippen LogP contribution in [-0.2, 0) is 10.3 Å². The number of carbonyl (C=O) groups is 1. The Kier molecular flexibility index (Phi) is 2.30. The second-order valence-electron chi connectivity index (χ2n) is 3.30. The molecule has 4 nitrogen and oxygen atoms in total. The predicted molar refractivity (Wildman–Crippen MR) is 50.6 cm³/mol. The van der Waals surface area contributed by atoms with E-state index in [-0.39, 0.29) is 12.2 Å². The molecule has 1 aliphatic heterocycles. The van der Waals surface area contributed by atoms with Gasteiger partial charge in [-0.3, -0.25) is 0 Å². The summed E-state index contributed by atoms with van der Waals surface area (Å²) in [5.74, 6) is -0.999. The van der Waals surface area contributed by atoms with E-state index in [1.54, 1.807) is 5.38 Å². The molecule has 1 aliphatic rings. The van der Waals surface area contributed by atoms with E-state index in [1.165, 1.54) is 17.4 Å². The van der Waals surface area contributed by atoms with Crippen molar-refractivity contribution in [1.29, 1.82) is 0 Å². The van der Waals surface area contributed by atoms with Crippen molar-refractivity contribution in [1.82, 2.24) is 0 Å². The molecular formula is C9H10O4S. The first-order valence-electron chi connectivity index (χ1n) is 4.25. The van der Waals surface area contributed by atoms with Crippen molar-refractivity contribution >= 4 is 17.3 Å². The molecular weight excluding hydrogens is 204 g/mol. The van der Waals surface area contributed by atoms with E-state index in [4.69, 9.17) is 9.84 Å². The van der Waals surface area contributed by atoms with Gasteiger partial charge in [-0.2, -0.15) is 0 Å². The van der Waals surface area contributed by atoms with E-state index in [0.717, 1.165) is 0 Å². The van der Waals surface area contributed by atoms with Crippen LogP contribution in [0.15, 0.2) is 11.4 Å². The van der Waals surface area contributed by atoms with Crippen LogP contribution in [0.2, 0.25) is 0 Å². The van der Waals surface area contributed by atoms with Crippen LogP contribution in [-0.4, -0.2) is 29.4 Å². The SMILES string of the molecule is O=C(O)c1ccsc1C1(O)CCOC1. The Morgan fingerprint density at radius 3 is 3.00 bits per heavy atom. The minimum absolute atomic E-state index is 0.183. The molecule has 0 amide bonds. The van der Waals surface area contributed by atoms with Crippen molar-refractivity contribution in [2.24, 2.45) is 0 Å². The molecule has 1 unspecified atom stereocenters. The van der Waals surface area contributed by atoms with Crippen LogP contribution >= 0.6 is 11.3 Å². The van der Waals surface area contributed by atoms with Gasteiger partial charge < -0.3 is 14.9 Å². The molecule has 1 fully saturated rings. The summed E-state index contributed by atoms with van der Waals surface area (Å²) in [5, 5.41) is 20.7. The molecule has 1 aromatic heterocycles. The van der Waals surface area contributed by atoms with Gasteiger partial charge in [-0.1, -0.05) is 0 Å². The summed E-state index contributed by atoms with van der Waals surface area (Å²) in [5.41, 5.74) is -0.912. The number of aromatic carboxylic acids is 1. The molecule has 0 radical (unpaired) electrons. The van der Waals surface area contributed by atoms with Gasteiger partial charge in [-0.05, 0) is 11.4 Å². The normalized spacial score (nSPS) is 26.6. The van der Waals surface area contributed by atoms with E-state index in [1.807, 2.05) is 0 Å². The van der Waals surface area contributed by atoms with Gasteiger partial charge in [0.25, 0.3) is 0 Å². The van der Waals surface area contributed by atoms with E-state index in [9.17, 15) is 9.90 Å². The smallest absolute Gasteiger partial charge is 0.336 e. The summed E-state index contributed by atoms with van der Waals surface area (Å²) < 4.78 is 5.08. The van der Waals surface area contributed by atoms with Gasteiger partial charge in [0.1, 0.15) is 5.60 Å². The van der Waals surface area contributed by atoms with Crippen molar-refractivity contribution in [3.8, 4) is 0 Å². The van der Waals surface area contributed by atoms with Gasteiger partial charge in [0.05, 0.1) is 17.0 Å². The number of hydrogen-bond acceptors (Lipinski definition) is 4. The summed E-state index contributed by atoms with van der Waals surface area (Å²) >= 11 is 1.26. The molecule has 1 saturated heterocycles. The number of aliphatic hydroxyl groups is 1. The highest BCUT2D eigenvalue weighted by Gasteiger charge is 2.38. The van der Waals surface area contributed by atoms with E-state index in [0.29, 0.717) is 17.9 Å². The minimum atomic E-state index is -1.10. The standard InChI is InChI=1S/C9H10O4S/c10-8(11)6-1-4-14-7(6)9(12)2-3-13-5-9/h1,4,12H,2-3,5H2,(H,10,11). The average molecular weight is 214 g/mol. The Morgan fingerprint density at radius 1 is 1.64 bits per heavy atom. The highest BCUT2D eigenvalue weighted by molar-refractivity contribution is 7.10. The number of carboxylic acid groups (broad SMARTS) is 1. The fourth-order valence-electron chi connectivity index (χ4n) is 1.57. The highest BCUT2D eigenvalue weighted by atomic mass is 32.1. The third-order valence-electron chi connectivity index (χ3n) is 2.32. The van der Waals surface area contributed by atoms with Crippen LogP contribution in [0.3, 0.4) is 0 Å². The Bertz CT molecular complexity index is 351. The van der Waals surface area contributed by atoms with Crippen molar-refractivity contribution in [3.63, 3.8) is 0 Å². The lowest BCUT2D eigenvalue weighted by atomic mass is 9.98. The topological polar surface area (TPSA) is 66.8 Å². The molecule has 0 aliphatic carbocycles. The summed E-state index contributed by atoms with van der Waals surface area (Å²) in [6, 6.07) is 1.51. The monoisotopic (exact) mass is 214 g/mol. The molecule has 0 saturated carbocycles. The van der Waals surface area contributed by atoms with Crippen molar-refractivity contribution < 1.29 is 19.7 Å². The quantitative estimate of drug-likeness (QED) is 0.772.